The Labute approximate surface area is 75.0 Å². The summed E-state index contributed by atoms with van der Waals surface area (Å²) in [6, 6.07) is 0. The fourth-order valence-electron chi connectivity index (χ4n) is 1.46. The van der Waals surface area contributed by atoms with E-state index in [4.69, 9.17) is 4.74 Å². The predicted octanol–water partition coefficient (Wildman–Crippen LogP) is 2.13. The Morgan fingerprint density at radius 2 is 1.62 bits per heavy atom. The predicted molar refractivity (Wildman–Crippen MR) is 41.9 cm³/mol. The van der Waals surface area contributed by atoms with Crippen LogP contribution in [0.2, 0.25) is 0 Å². The smallest absolute Gasteiger partial charge is 0.322 e. The Morgan fingerprint density at radius 1 is 1.15 bits per heavy atom. The number of ether oxygens (including phenoxy) is 1. The molecule has 76 valence electrons. The maximum absolute atomic E-state index is 12.8. The molecule has 0 aromatic heterocycles. The summed E-state index contributed by atoms with van der Waals surface area (Å²) in [6.45, 7) is 3.80. The molecule has 2 atom stereocenters. The number of hydrogen-bond donors (Lipinski definition) is 0. The normalized spacial score (nSPS) is 28.8. The van der Waals surface area contributed by atoms with Crippen molar-refractivity contribution in [2.45, 2.75) is 26.1 Å². The molecule has 1 heterocycles. The minimum absolute atomic E-state index is 0.174. The zero-order valence-electron chi connectivity index (χ0n) is 7.56. The second-order valence-corrected chi connectivity index (χ2v) is 3.21. The van der Waals surface area contributed by atoms with Gasteiger partial charge < -0.3 is 9.64 Å². The number of nitrogens with zero attached hydrogens (tertiary/aromatic N) is 1. The van der Waals surface area contributed by atoms with Crippen LogP contribution in [0.4, 0.5) is 13.2 Å². The van der Waals surface area contributed by atoms with Gasteiger partial charge in [0.15, 0.2) is 0 Å². The van der Waals surface area contributed by atoms with E-state index in [1.807, 2.05) is 0 Å². The van der Waals surface area contributed by atoms with Gasteiger partial charge in [0.25, 0.3) is 5.95 Å². The summed E-state index contributed by atoms with van der Waals surface area (Å²) >= 11 is 0. The quantitative estimate of drug-likeness (QED) is 0.594. The molecule has 2 nitrogen and oxygen atoms in total. The number of morpholine rings is 1. The average Bonchev–Trinajstić information content (AvgIpc) is 2.01. The van der Waals surface area contributed by atoms with Gasteiger partial charge in [-0.05, 0) is 13.8 Å². The Bertz CT molecular complexity index is 205. The van der Waals surface area contributed by atoms with Gasteiger partial charge >= 0.3 is 6.08 Å². The topological polar surface area (TPSA) is 12.5 Å². The highest BCUT2D eigenvalue weighted by Gasteiger charge is 2.26. The standard InChI is InChI=1S/C8H12F3NO/c1-5-3-12(4-6(2)13-5)8(11)7(9)10/h5-6H,3-4H2,1-2H3. The summed E-state index contributed by atoms with van der Waals surface area (Å²) in [4.78, 5) is 1.01. The molecular formula is C8H12F3NO. The first-order chi connectivity index (χ1) is 6.00. The largest absolute Gasteiger partial charge is 0.372 e. The molecule has 0 bridgehead atoms. The van der Waals surface area contributed by atoms with Crippen LogP contribution in [-0.4, -0.2) is 30.2 Å². The third-order valence-electron chi connectivity index (χ3n) is 1.85. The zero-order valence-corrected chi connectivity index (χ0v) is 7.56. The number of hydrogen-bond acceptors (Lipinski definition) is 2. The van der Waals surface area contributed by atoms with E-state index in [9.17, 15) is 13.2 Å². The molecule has 0 aliphatic carbocycles. The first-order valence-electron chi connectivity index (χ1n) is 4.12. The molecule has 0 N–H and O–H groups in total. The lowest BCUT2D eigenvalue weighted by atomic mass is 10.2. The van der Waals surface area contributed by atoms with Crippen LogP contribution >= 0.6 is 0 Å². The third kappa shape index (κ3) is 2.62. The highest BCUT2D eigenvalue weighted by molar-refractivity contribution is 4.94. The molecule has 1 aliphatic rings. The lowest BCUT2D eigenvalue weighted by molar-refractivity contribution is -0.0658. The van der Waals surface area contributed by atoms with Crippen LogP contribution < -0.4 is 0 Å². The van der Waals surface area contributed by atoms with Crippen molar-refractivity contribution in [3.63, 3.8) is 0 Å². The van der Waals surface area contributed by atoms with Crippen molar-refractivity contribution in [3.8, 4) is 0 Å². The summed E-state index contributed by atoms with van der Waals surface area (Å²) in [5, 5.41) is 0. The van der Waals surface area contributed by atoms with Gasteiger partial charge in [0, 0.05) is 13.1 Å². The lowest BCUT2D eigenvalue weighted by Gasteiger charge is -2.34. The number of rotatable bonds is 1. The van der Waals surface area contributed by atoms with Gasteiger partial charge in [-0.25, -0.2) is 0 Å². The van der Waals surface area contributed by atoms with Gasteiger partial charge in [-0.1, -0.05) is 0 Å². The second-order valence-electron chi connectivity index (χ2n) is 3.21. The van der Waals surface area contributed by atoms with Crippen molar-refractivity contribution in [2.75, 3.05) is 13.1 Å². The fourth-order valence-corrected chi connectivity index (χ4v) is 1.46. The van der Waals surface area contributed by atoms with Crippen LogP contribution in [0.25, 0.3) is 0 Å². The molecule has 0 radical (unpaired) electrons. The summed E-state index contributed by atoms with van der Waals surface area (Å²) in [5.41, 5.74) is 0. The minimum Gasteiger partial charge on any atom is -0.372 e. The molecular weight excluding hydrogens is 183 g/mol. The van der Waals surface area contributed by atoms with Gasteiger partial charge in [0.2, 0.25) is 0 Å². The van der Waals surface area contributed by atoms with E-state index in [0.29, 0.717) is 0 Å². The second kappa shape index (κ2) is 4.00. The van der Waals surface area contributed by atoms with Crippen molar-refractivity contribution >= 4 is 0 Å². The summed E-state index contributed by atoms with van der Waals surface area (Å²) < 4.78 is 41.8. The van der Waals surface area contributed by atoms with Gasteiger partial charge in [-0.3, -0.25) is 0 Å². The van der Waals surface area contributed by atoms with E-state index < -0.39 is 12.0 Å². The summed E-state index contributed by atoms with van der Waals surface area (Å²) in [7, 11) is 0. The highest BCUT2D eigenvalue weighted by Crippen LogP contribution is 2.20. The Hall–Kier alpha value is -0.710. The first-order valence-corrected chi connectivity index (χ1v) is 4.12. The lowest BCUT2D eigenvalue weighted by Crippen LogP contribution is -2.44. The average molecular weight is 195 g/mol. The number of halogens is 3. The van der Waals surface area contributed by atoms with Crippen LogP contribution in [0, 0.1) is 0 Å². The molecule has 13 heavy (non-hydrogen) atoms. The Kier molecular flexibility index (Phi) is 3.19. The molecule has 0 amide bonds. The van der Waals surface area contributed by atoms with Crippen LogP contribution in [0.5, 0.6) is 0 Å². The maximum atomic E-state index is 12.8. The van der Waals surface area contributed by atoms with Gasteiger partial charge in [0.1, 0.15) is 0 Å². The minimum atomic E-state index is -2.26. The van der Waals surface area contributed by atoms with E-state index in [-0.39, 0.29) is 25.3 Å². The van der Waals surface area contributed by atoms with Crippen LogP contribution in [0.15, 0.2) is 12.0 Å². The van der Waals surface area contributed by atoms with Crippen molar-refractivity contribution < 1.29 is 17.9 Å². The van der Waals surface area contributed by atoms with Crippen LogP contribution in [0.1, 0.15) is 13.8 Å². The van der Waals surface area contributed by atoms with Crippen molar-refractivity contribution in [3.05, 3.63) is 12.0 Å². The Balaban J connectivity index is 2.65. The van der Waals surface area contributed by atoms with E-state index in [1.54, 1.807) is 13.8 Å². The zero-order chi connectivity index (χ0) is 10.0. The van der Waals surface area contributed by atoms with E-state index in [0.717, 1.165) is 4.90 Å². The SMILES string of the molecule is CC1CN(C(F)=C(F)F)CC(C)O1. The fraction of sp³-hybridized carbons (Fsp3) is 0.750. The molecule has 1 aliphatic heterocycles. The molecule has 0 aromatic carbocycles. The van der Waals surface area contributed by atoms with E-state index in [1.165, 1.54) is 0 Å². The molecule has 0 aromatic rings. The van der Waals surface area contributed by atoms with Crippen LogP contribution in [-0.2, 0) is 4.74 Å². The molecule has 0 spiro atoms. The van der Waals surface area contributed by atoms with Crippen molar-refractivity contribution in [1.29, 1.82) is 0 Å². The molecule has 0 saturated carbocycles. The molecule has 2 unspecified atom stereocenters. The van der Waals surface area contributed by atoms with Gasteiger partial charge in [-0.15, -0.1) is 0 Å². The molecule has 5 heteroatoms. The first kappa shape index (κ1) is 10.4. The monoisotopic (exact) mass is 195 g/mol. The highest BCUT2D eigenvalue weighted by atomic mass is 19.3. The maximum Gasteiger partial charge on any atom is 0.322 e. The molecule has 1 fully saturated rings. The molecule has 1 rings (SSSR count). The third-order valence-corrected chi connectivity index (χ3v) is 1.85. The molecule has 1 saturated heterocycles. The summed E-state index contributed by atoms with van der Waals surface area (Å²) in [6.07, 6.45) is -2.69. The van der Waals surface area contributed by atoms with E-state index in [2.05, 4.69) is 0 Å². The van der Waals surface area contributed by atoms with Gasteiger partial charge in [0.05, 0.1) is 12.2 Å². The van der Waals surface area contributed by atoms with Gasteiger partial charge in [-0.2, -0.15) is 13.2 Å². The van der Waals surface area contributed by atoms with E-state index >= 15 is 0 Å². The van der Waals surface area contributed by atoms with Crippen molar-refractivity contribution in [2.24, 2.45) is 0 Å². The van der Waals surface area contributed by atoms with Crippen molar-refractivity contribution in [1.82, 2.24) is 4.90 Å². The summed E-state index contributed by atoms with van der Waals surface area (Å²) in [5.74, 6) is -1.43. The Morgan fingerprint density at radius 3 is 2.00 bits per heavy atom. The van der Waals surface area contributed by atoms with Crippen LogP contribution in [0.3, 0.4) is 0 Å².